The lowest BCUT2D eigenvalue weighted by atomic mass is 10.0. The lowest BCUT2D eigenvalue weighted by Gasteiger charge is -2.29. The molecule has 20 heavy (non-hydrogen) atoms. The Morgan fingerprint density at radius 2 is 2.05 bits per heavy atom. The normalized spacial score (nSPS) is 35.6. The maximum absolute atomic E-state index is 12.5. The molecule has 0 aliphatic carbocycles. The molecule has 2 saturated heterocycles. The summed E-state index contributed by atoms with van der Waals surface area (Å²) in [5.74, 6) is 0.507. The molecule has 3 heterocycles. The van der Waals surface area contributed by atoms with Crippen LogP contribution in [-0.2, 0) is 19.5 Å². The van der Waals surface area contributed by atoms with E-state index in [0.29, 0.717) is 32.2 Å². The second kappa shape index (κ2) is 5.40. The van der Waals surface area contributed by atoms with Crippen molar-refractivity contribution in [2.45, 2.75) is 38.9 Å². The number of sulfonamides is 1. The van der Waals surface area contributed by atoms with Crippen molar-refractivity contribution in [1.29, 1.82) is 0 Å². The quantitative estimate of drug-likeness (QED) is 0.734. The predicted octanol–water partition coefficient (Wildman–Crippen LogP) is 1.16. The molecule has 3 aliphatic rings. The molecular formula is C14H23NO4S. The summed E-state index contributed by atoms with van der Waals surface area (Å²) < 4.78 is 37.8. The van der Waals surface area contributed by atoms with Crippen LogP contribution in [0.25, 0.3) is 0 Å². The van der Waals surface area contributed by atoms with E-state index in [4.69, 9.17) is 9.47 Å². The number of hydrogen-bond acceptors (Lipinski definition) is 4. The number of rotatable bonds is 3. The summed E-state index contributed by atoms with van der Waals surface area (Å²) in [5.41, 5.74) is 2.50. The maximum Gasteiger partial charge on any atom is 0.216 e. The minimum atomic E-state index is -3.22. The number of nitrogens with zero attached hydrogens (tertiary/aromatic N) is 1. The molecule has 0 unspecified atom stereocenters. The summed E-state index contributed by atoms with van der Waals surface area (Å²) in [6, 6.07) is 0. The second-order valence-corrected chi connectivity index (χ2v) is 8.27. The molecule has 0 amide bonds. The van der Waals surface area contributed by atoms with Gasteiger partial charge in [-0.1, -0.05) is 11.1 Å². The van der Waals surface area contributed by atoms with Gasteiger partial charge in [-0.3, -0.25) is 0 Å². The van der Waals surface area contributed by atoms with Crippen LogP contribution in [-0.4, -0.2) is 57.0 Å². The first-order valence-electron chi connectivity index (χ1n) is 7.32. The van der Waals surface area contributed by atoms with Crippen molar-refractivity contribution in [2.75, 3.05) is 32.1 Å². The van der Waals surface area contributed by atoms with Crippen LogP contribution >= 0.6 is 0 Å². The molecule has 0 aromatic rings. The number of ether oxygens (including phenoxy) is 2. The predicted molar refractivity (Wildman–Crippen MR) is 75.9 cm³/mol. The Balaban J connectivity index is 1.62. The Labute approximate surface area is 121 Å². The van der Waals surface area contributed by atoms with Crippen LogP contribution in [0.3, 0.4) is 0 Å². The molecule has 0 saturated carbocycles. The summed E-state index contributed by atoms with van der Waals surface area (Å²) in [4.78, 5) is 0. The van der Waals surface area contributed by atoms with Gasteiger partial charge in [0.05, 0.1) is 31.2 Å². The molecule has 3 aliphatic heterocycles. The highest BCUT2D eigenvalue weighted by molar-refractivity contribution is 7.89. The minimum absolute atomic E-state index is 0.112. The van der Waals surface area contributed by atoms with E-state index in [9.17, 15) is 8.42 Å². The van der Waals surface area contributed by atoms with Crippen LogP contribution in [0.1, 0.15) is 26.7 Å². The fourth-order valence-electron chi connectivity index (χ4n) is 3.26. The molecule has 6 heteroatoms. The van der Waals surface area contributed by atoms with Crippen molar-refractivity contribution in [3.63, 3.8) is 0 Å². The van der Waals surface area contributed by atoms with Crippen LogP contribution in [0.2, 0.25) is 0 Å². The van der Waals surface area contributed by atoms with Gasteiger partial charge >= 0.3 is 0 Å². The SMILES string of the molecule is CC1=C(C)CN(S(=O)(=O)C[C@@H]2C[C@H]3COC[C@@H]3O2)CC1. The van der Waals surface area contributed by atoms with Crippen molar-refractivity contribution in [1.82, 2.24) is 4.31 Å². The highest BCUT2D eigenvalue weighted by Gasteiger charge is 2.41. The summed E-state index contributed by atoms with van der Waals surface area (Å²) in [6.07, 6.45) is 1.60. The zero-order valence-corrected chi connectivity index (χ0v) is 13.0. The molecule has 0 radical (unpaired) electrons. The number of hydrogen-bond donors (Lipinski definition) is 0. The smallest absolute Gasteiger partial charge is 0.216 e. The Morgan fingerprint density at radius 3 is 2.75 bits per heavy atom. The third-order valence-electron chi connectivity index (χ3n) is 4.74. The van der Waals surface area contributed by atoms with E-state index in [-0.39, 0.29) is 18.0 Å². The Bertz CT molecular complexity index is 501. The first kappa shape index (κ1) is 14.5. The largest absolute Gasteiger partial charge is 0.378 e. The van der Waals surface area contributed by atoms with Crippen molar-refractivity contribution in [2.24, 2.45) is 5.92 Å². The Kier molecular flexibility index (Phi) is 3.92. The van der Waals surface area contributed by atoms with Crippen LogP contribution in [0.15, 0.2) is 11.1 Å². The zero-order chi connectivity index (χ0) is 14.3. The van der Waals surface area contributed by atoms with E-state index < -0.39 is 10.0 Å². The molecule has 0 aromatic carbocycles. The standard InChI is InChI=1S/C14H23NO4S/c1-10-3-4-15(6-11(10)2)20(16,17)9-13-5-12-7-18-8-14(12)19-13/h12-14H,3-9H2,1-2H3/t12-,13-,14-/m0/s1. The van der Waals surface area contributed by atoms with Crippen LogP contribution in [0.5, 0.6) is 0 Å². The van der Waals surface area contributed by atoms with E-state index in [1.165, 1.54) is 11.1 Å². The van der Waals surface area contributed by atoms with Crippen molar-refractivity contribution in [3.05, 3.63) is 11.1 Å². The maximum atomic E-state index is 12.5. The van der Waals surface area contributed by atoms with Crippen LogP contribution in [0.4, 0.5) is 0 Å². The van der Waals surface area contributed by atoms with Gasteiger partial charge in [0, 0.05) is 19.0 Å². The molecule has 2 fully saturated rings. The topological polar surface area (TPSA) is 55.8 Å². The van der Waals surface area contributed by atoms with E-state index >= 15 is 0 Å². The zero-order valence-electron chi connectivity index (χ0n) is 12.2. The van der Waals surface area contributed by atoms with Crippen LogP contribution < -0.4 is 0 Å². The highest BCUT2D eigenvalue weighted by Crippen LogP contribution is 2.32. The number of fused-ring (bicyclic) bond motifs is 1. The van der Waals surface area contributed by atoms with Gasteiger partial charge in [0.2, 0.25) is 10.0 Å². The molecule has 3 rings (SSSR count). The minimum Gasteiger partial charge on any atom is -0.378 e. The van der Waals surface area contributed by atoms with Gasteiger partial charge in [0.15, 0.2) is 0 Å². The molecule has 0 bridgehead atoms. The summed E-state index contributed by atoms with van der Waals surface area (Å²) in [7, 11) is -3.22. The third-order valence-corrected chi connectivity index (χ3v) is 6.63. The molecule has 5 nitrogen and oxygen atoms in total. The Morgan fingerprint density at radius 1 is 1.25 bits per heavy atom. The van der Waals surface area contributed by atoms with Gasteiger partial charge in [-0.2, -0.15) is 4.31 Å². The van der Waals surface area contributed by atoms with E-state index in [1.54, 1.807) is 4.31 Å². The fraction of sp³-hybridized carbons (Fsp3) is 0.857. The monoisotopic (exact) mass is 301 g/mol. The van der Waals surface area contributed by atoms with Gasteiger partial charge in [-0.15, -0.1) is 0 Å². The van der Waals surface area contributed by atoms with Crippen LogP contribution in [0, 0.1) is 5.92 Å². The molecule has 3 atom stereocenters. The molecule has 0 N–H and O–H groups in total. The van der Waals surface area contributed by atoms with Gasteiger partial charge in [-0.05, 0) is 26.7 Å². The first-order valence-corrected chi connectivity index (χ1v) is 8.93. The average Bonchev–Trinajstić information content (AvgIpc) is 2.92. The van der Waals surface area contributed by atoms with Crippen molar-refractivity contribution < 1.29 is 17.9 Å². The van der Waals surface area contributed by atoms with E-state index in [2.05, 4.69) is 6.92 Å². The van der Waals surface area contributed by atoms with Gasteiger partial charge < -0.3 is 9.47 Å². The second-order valence-electron chi connectivity index (χ2n) is 6.25. The summed E-state index contributed by atoms with van der Waals surface area (Å²) in [6.45, 7) is 6.58. The lowest BCUT2D eigenvalue weighted by Crippen LogP contribution is -2.40. The van der Waals surface area contributed by atoms with Gasteiger partial charge in [-0.25, -0.2) is 8.42 Å². The van der Waals surface area contributed by atoms with Crippen molar-refractivity contribution in [3.8, 4) is 0 Å². The van der Waals surface area contributed by atoms with E-state index in [0.717, 1.165) is 12.8 Å². The summed E-state index contributed by atoms with van der Waals surface area (Å²) >= 11 is 0. The fourth-order valence-corrected chi connectivity index (χ4v) is 4.91. The molecular weight excluding hydrogens is 278 g/mol. The summed E-state index contributed by atoms with van der Waals surface area (Å²) in [5, 5.41) is 0. The van der Waals surface area contributed by atoms with Crippen molar-refractivity contribution >= 4 is 10.0 Å². The molecule has 0 aromatic heterocycles. The lowest BCUT2D eigenvalue weighted by molar-refractivity contribution is 0.0296. The van der Waals surface area contributed by atoms with E-state index in [1.807, 2.05) is 6.92 Å². The highest BCUT2D eigenvalue weighted by atomic mass is 32.2. The van der Waals surface area contributed by atoms with Gasteiger partial charge in [0.25, 0.3) is 0 Å². The average molecular weight is 301 g/mol. The molecule has 114 valence electrons. The first-order chi connectivity index (χ1) is 9.45. The molecule has 0 spiro atoms. The third kappa shape index (κ3) is 2.79. The van der Waals surface area contributed by atoms with Gasteiger partial charge in [0.1, 0.15) is 0 Å². The Hall–Kier alpha value is -0.430.